The van der Waals surface area contributed by atoms with Gasteiger partial charge in [0.05, 0.1) is 0 Å². The van der Waals surface area contributed by atoms with Crippen molar-refractivity contribution in [2.45, 2.75) is 57.1 Å². The SMILES string of the molecule is N[C@H]1CC(CC2CCCCC2)Oc2ccc(Cl)cc21. The summed E-state index contributed by atoms with van der Waals surface area (Å²) >= 11 is 6.02. The number of fused-ring (bicyclic) bond motifs is 1. The molecule has 1 aliphatic carbocycles. The molecule has 2 aliphatic rings. The number of ether oxygens (including phenoxy) is 1. The van der Waals surface area contributed by atoms with Crippen LogP contribution >= 0.6 is 11.6 Å². The van der Waals surface area contributed by atoms with Gasteiger partial charge in [-0.05, 0) is 30.5 Å². The molecule has 0 aromatic heterocycles. The molecule has 1 aromatic rings. The normalized spacial score (nSPS) is 27.7. The minimum atomic E-state index is 0.0658. The van der Waals surface area contributed by atoms with Gasteiger partial charge in [-0.15, -0.1) is 0 Å². The average molecular weight is 280 g/mol. The van der Waals surface area contributed by atoms with E-state index in [9.17, 15) is 0 Å². The fourth-order valence-electron chi connectivity index (χ4n) is 3.49. The minimum absolute atomic E-state index is 0.0658. The van der Waals surface area contributed by atoms with Gasteiger partial charge in [0.1, 0.15) is 11.9 Å². The van der Waals surface area contributed by atoms with Gasteiger partial charge in [0, 0.05) is 23.0 Å². The molecule has 1 saturated carbocycles. The Bertz CT molecular complexity index is 442. The molecule has 1 heterocycles. The maximum absolute atomic E-state index is 6.27. The van der Waals surface area contributed by atoms with E-state index < -0.39 is 0 Å². The second-order valence-electron chi connectivity index (χ2n) is 6.00. The molecule has 0 amide bonds. The first-order valence-electron chi connectivity index (χ1n) is 7.44. The molecule has 3 rings (SSSR count). The first kappa shape index (κ1) is 13.3. The van der Waals surface area contributed by atoms with Crippen molar-refractivity contribution < 1.29 is 4.74 Å². The molecule has 2 N–H and O–H groups in total. The van der Waals surface area contributed by atoms with Crippen LogP contribution in [0.25, 0.3) is 0 Å². The minimum Gasteiger partial charge on any atom is -0.490 e. The van der Waals surface area contributed by atoms with Crippen LogP contribution in [0.3, 0.4) is 0 Å². The molecule has 19 heavy (non-hydrogen) atoms. The largest absolute Gasteiger partial charge is 0.490 e. The number of rotatable bonds is 2. The predicted molar refractivity (Wildman–Crippen MR) is 78.6 cm³/mol. The summed E-state index contributed by atoms with van der Waals surface area (Å²) in [5.41, 5.74) is 7.33. The molecule has 1 fully saturated rings. The highest BCUT2D eigenvalue weighted by molar-refractivity contribution is 6.30. The summed E-state index contributed by atoms with van der Waals surface area (Å²) in [6.07, 6.45) is 9.27. The van der Waals surface area contributed by atoms with E-state index in [1.54, 1.807) is 0 Å². The van der Waals surface area contributed by atoms with Gasteiger partial charge in [-0.3, -0.25) is 0 Å². The molecule has 2 atom stereocenters. The average Bonchev–Trinajstić information content (AvgIpc) is 2.41. The van der Waals surface area contributed by atoms with E-state index in [4.69, 9.17) is 22.1 Å². The van der Waals surface area contributed by atoms with E-state index in [0.29, 0.717) is 0 Å². The molecule has 0 saturated heterocycles. The lowest BCUT2D eigenvalue weighted by Gasteiger charge is -2.33. The van der Waals surface area contributed by atoms with Crippen molar-refractivity contribution >= 4 is 11.6 Å². The number of benzene rings is 1. The zero-order chi connectivity index (χ0) is 13.2. The summed E-state index contributed by atoms with van der Waals surface area (Å²) < 4.78 is 6.12. The highest BCUT2D eigenvalue weighted by Gasteiger charge is 2.28. The molecule has 1 unspecified atom stereocenters. The lowest BCUT2D eigenvalue weighted by atomic mass is 9.83. The second kappa shape index (κ2) is 5.72. The first-order valence-corrected chi connectivity index (χ1v) is 7.82. The molecule has 1 aromatic carbocycles. The van der Waals surface area contributed by atoms with E-state index >= 15 is 0 Å². The highest BCUT2D eigenvalue weighted by Crippen LogP contribution is 2.38. The number of hydrogen-bond donors (Lipinski definition) is 1. The lowest BCUT2D eigenvalue weighted by Crippen LogP contribution is -2.31. The van der Waals surface area contributed by atoms with Crippen LogP contribution in [-0.2, 0) is 0 Å². The third-order valence-electron chi connectivity index (χ3n) is 4.50. The first-order chi connectivity index (χ1) is 9.22. The summed E-state index contributed by atoms with van der Waals surface area (Å²) in [5, 5.41) is 0.739. The van der Waals surface area contributed by atoms with Gasteiger partial charge in [0.25, 0.3) is 0 Å². The van der Waals surface area contributed by atoms with Crippen molar-refractivity contribution in [3.05, 3.63) is 28.8 Å². The Balaban J connectivity index is 1.68. The monoisotopic (exact) mass is 279 g/mol. The van der Waals surface area contributed by atoms with Gasteiger partial charge in [-0.1, -0.05) is 43.7 Å². The molecule has 3 heteroatoms. The van der Waals surface area contributed by atoms with Crippen LogP contribution in [0.15, 0.2) is 18.2 Å². The summed E-state index contributed by atoms with van der Waals surface area (Å²) in [6.45, 7) is 0. The Labute approximate surface area is 120 Å². The quantitative estimate of drug-likeness (QED) is 0.867. The molecule has 1 aliphatic heterocycles. The fraction of sp³-hybridized carbons (Fsp3) is 0.625. The fourth-order valence-corrected chi connectivity index (χ4v) is 3.67. The standard InChI is InChI=1S/C16H22ClNO/c17-12-6-7-16-14(9-12)15(18)10-13(19-16)8-11-4-2-1-3-5-11/h6-7,9,11,13,15H,1-5,8,10,18H2/t13?,15-/m0/s1. The van der Waals surface area contributed by atoms with Gasteiger partial charge in [-0.2, -0.15) is 0 Å². The van der Waals surface area contributed by atoms with Crippen LogP contribution in [0.5, 0.6) is 5.75 Å². The lowest BCUT2D eigenvalue weighted by molar-refractivity contribution is 0.120. The van der Waals surface area contributed by atoms with E-state index in [2.05, 4.69) is 0 Å². The summed E-state index contributed by atoms with van der Waals surface area (Å²) in [6, 6.07) is 5.86. The molecule has 104 valence electrons. The molecule has 0 bridgehead atoms. The maximum atomic E-state index is 6.27. The third kappa shape index (κ3) is 3.06. The highest BCUT2D eigenvalue weighted by atomic mass is 35.5. The number of hydrogen-bond acceptors (Lipinski definition) is 2. The summed E-state index contributed by atoms with van der Waals surface area (Å²) in [4.78, 5) is 0. The Kier molecular flexibility index (Phi) is 3.99. The van der Waals surface area contributed by atoms with Crippen molar-refractivity contribution in [1.29, 1.82) is 0 Å². The van der Waals surface area contributed by atoms with Crippen LogP contribution in [0.2, 0.25) is 5.02 Å². The topological polar surface area (TPSA) is 35.2 Å². The maximum Gasteiger partial charge on any atom is 0.124 e. The van der Waals surface area contributed by atoms with Crippen molar-refractivity contribution in [2.24, 2.45) is 11.7 Å². The third-order valence-corrected chi connectivity index (χ3v) is 4.74. The van der Waals surface area contributed by atoms with Crippen LogP contribution in [0.4, 0.5) is 0 Å². The van der Waals surface area contributed by atoms with Gasteiger partial charge < -0.3 is 10.5 Å². The zero-order valence-electron chi connectivity index (χ0n) is 11.3. The van der Waals surface area contributed by atoms with Gasteiger partial charge in [0.2, 0.25) is 0 Å². The van der Waals surface area contributed by atoms with E-state index in [0.717, 1.165) is 35.1 Å². The Morgan fingerprint density at radius 3 is 2.79 bits per heavy atom. The second-order valence-corrected chi connectivity index (χ2v) is 6.44. The zero-order valence-corrected chi connectivity index (χ0v) is 12.0. The Morgan fingerprint density at radius 1 is 1.21 bits per heavy atom. The van der Waals surface area contributed by atoms with Crippen LogP contribution in [-0.4, -0.2) is 6.10 Å². The van der Waals surface area contributed by atoms with Gasteiger partial charge in [-0.25, -0.2) is 0 Å². The van der Waals surface area contributed by atoms with E-state index in [1.165, 1.54) is 32.1 Å². The number of nitrogens with two attached hydrogens (primary N) is 1. The molecular formula is C16H22ClNO. The van der Waals surface area contributed by atoms with Crippen LogP contribution in [0.1, 0.15) is 56.6 Å². The van der Waals surface area contributed by atoms with Crippen molar-refractivity contribution in [3.8, 4) is 5.75 Å². The van der Waals surface area contributed by atoms with Crippen molar-refractivity contribution in [1.82, 2.24) is 0 Å². The number of halogens is 1. The van der Waals surface area contributed by atoms with Crippen molar-refractivity contribution in [3.63, 3.8) is 0 Å². The van der Waals surface area contributed by atoms with Gasteiger partial charge in [0.15, 0.2) is 0 Å². The predicted octanol–water partition coefficient (Wildman–Crippen LogP) is 4.46. The smallest absolute Gasteiger partial charge is 0.124 e. The molecule has 0 radical (unpaired) electrons. The summed E-state index contributed by atoms with van der Waals surface area (Å²) in [5.74, 6) is 1.77. The Morgan fingerprint density at radius 2 is 2.00 bits per heavy atom. The van der Waals surface area contributed by atoms with Crippen LogP contribution in [0, 0.1) is 5.92 Å². The molecule has 0 spiro atoms. The van der Waals surface area contributed by atoms with E-state index in [-0.39, 0.29) is 12.1 Å². The van der Waals surface area contributed by atoms with Crippen LogP contribution < -0.4 is 10.5 Å². The Hall–Kier alpha value is -0.730. The van der Waals surface area contributed by atoms with E-state index in [1.807, 2.05) is 18.2 Å². The van der Waals surface area contributed by atoms with Crippen molar-refractivity contribution in [2.75, 3.05) is 0 Å². The molecule has 2 nitrogen and oxygen atoms in total. The van der Waals surface area contributed by atoms with Gasteiger partial charge >= 0.3 is 0 Å². The molecular weight excluding hydrogens is 258 g/mol. The summed E-state index contributed by atoms with van der Waals surface area (Å²) in [7, 11) is 0.